The van der Waals surface area contributed by atoms with E-state index in [2.05, 4.69) is 140 Å². The van der Waals surface area contributed by atoms with Gasteiger partial charge < -0.3 is 17.7 Å². The van der Waals surface area contributed by atoms with Crippen LogP contribution in [0.25, 0.3) is 189 Å². The number of aromatic nitrogens is 6. The summed E-state index contributed by atoms with van der Waals surface area (Å²) in [5.41, 5.74) is 17.5. The number of fused-ring (bicyclic) bond motifs is 12. The highest BCUT2D eigenvalue weighted by Crippen LogP contribution is 2.43. The van der Waals surface area contributed by atoms with Crippen LogP contribution in [0.5, 0.6) is 0 Å². The van der Waals surface area contributed by atoms with Crippen LogP contribution in [0.4, 0.5) is 0 Å². The van der Waals surface area contributed by atoms with Gasteiger partial charge in [-0.3, -0.25) is 0 Å². The number of para-hydroxylation sites is 2. The highest BCUT2D eigenvalue weighted by Gasteiger charge is 2.23. The molecule has 410 valence electrons. The minimum Gasteiger partial charge on any atom is -0.456 e. The molecule has 0 spiro atoms. The van der Waals surface area contributed by atoms with Crippen molar-refractivity contribution < 1.29 is 17.7 Å². The number of benzene rings is 12. The lowest BCUT2D eigenvalue weighted by Crippen LogP contribution is -2.00. The van der Waals surface area contributed by atoms with Gasteiger partial charge in [0.05, 0.1) is 5.56 Å². The van der Waals surface area contributed by atoms with Crippen molar-refractivity contribution in [2.75, 3.05) is 0 Å². The standard InChI is InChI=1S/C78H44N6O4/c1-4-16-46(17-5-1)53-23-13-29-64-69(53)57-39-36-51(43-67(57)86-64)75-80-74(81-77(83-75)59-26-15-31-66-71(59)56-22-10-11-28-62(56)85-66)49-34-32-45(33-35-49)50-38-41-63-61(42-50)55-25-12-27-60(72(55)88-63)78-82-73(48-20-8-3-9-21-48)79-76(84-78)52-37-40-58-68(44-52)87-65-30-14-24-54(70(58)65)47-18-6-2-7-19-47/h1-44H. The van der Waals surface area contributed by atoms with Gasteiger partial charge in [0.2, 0.25) is 0 Å². The molecule has 10 heteroatoms. The summed E-state index contributed by atoms with van der Waals surface area (Å²) in [6.45, 7) is 0. The monoisotopic (exact) mass is 1130 g/mol. The van der Waals surface area contributed by atoms with E-state index in [1.54, 1.807) is 0 Å². The van der Waals surface area contributed by atoms with Crippen molar-refractivity contribution in [1.29, 1.82) is 0 Å². The number of rotatable bonds is 9. The molecule has 18 aromatic rings. The third-order valence-electron chi connectivity index (χ3n) is 16.8. The van der Waals surface area contributed by atoms with E-state index in [4.69, 9.17) is 47.6 Å². The Hall–Kier alpha value is -12.1. The molecule has 88 heavy (non-hydrogen) atoms. The smallest absolute Gasteiger partial charge is 0.167 e. The first-order valence-corrected chi connectivity index (χ1v) is 29.1. The van der Waals surface area contributed by atoms with Gasteiger partial charge in [0.25, 0.3) is 0 Å². The highest BCUT2D eigenvalue weighted by atomic mass is 16.3. The average molecular weight is 1130 g/mol. The zero-order valence-electron chi connectivity index (χ0n) is 46.7. The van der Waals surface area contributed by atoms with Crippen molar-refractivity contribution in [1.82, 2.24) is 29.9 Å². The molecule has 6 heterocycles. The maximum atomic E-state index is 6.79. The van der Waals surface area contributed by atoms with E-state index in [0.717, 1.165) is 149 Å². The largest absolute Gasteiger partial charge is 0.456 e. The molecule has 0 saturated carbocycles. The Bertz CT molecular complexity index is 5810. The topological polar surface area (TPSA) is 130 Å². The van der Waals surface area contributed by atoms with Gasteiger partial charge in [-0.1, -0.05) is 200 Å². The SMILES string of the molecule is c1ccc(-c2nc(-c3ccc4c(c3)oc3cccc(-c5ccccc5)c34)nc(-c3cccc4c3oc3ccc(-c5ccc(-c6nc(-c7ccc8c(c7)oc7cccc(-c9ccccc9)c78)nc(-c7cccc8oc9ccccc9c78)n6)cc5)cc34)n2)cc1. The average Bonchev–Trinajstić information content (AvgIpc) is 2.26. The van der Waals surface area contributed by atoms with Crippen molar-refractivity contribution in [3.63, 3.8) is 0 Å². The summed E-state index contributed by atoms with van der Waals surface area (Å²) in [4.78, 5) is 31.1. The minimum atomic E-state index is 0.493. The van der Waals surface area contributed by atoms with Gasteiger partial charge in [-0.25, -0.2) is 29.9 Å². The second-order valence-corrected chi connectivity index (χ2v) is 22.0. The van der Waals surface area contributed by atoms with E-state index in [9.17, 15) is 0 Å². The summed E-state index contributed by atoms with van der Waals surface area (Å²) in [5, 5.41) is 8.00. The Morgan fingerprint density at radius 1 is 0.182 bits per heavy atom. The molecule has 0 N–H and O–H groups in total. The molecule has 10 nitrogen and oxygen atoms in total. The highest BCUT2D eigenvalue weighted by molar-refractivity contribution is 6.15. The van der Waals surface area contributed by atoms with Gasteiger partial charge in [-0.2, -0.15) is 0 Å². The van der Waals surface area contributed by atoms with Gasteiger partial charge in [0.15, 0.2) is 34.9 Å². The zero-order chi connectivity index (χ0) is 57.8. The first kappa shape index (κ1) is 49.3. The Morgan fingerprint density at radius 2 is 0.557 bits per heavy atom. The minimum absolute atomic E-state index is 0.493. The molecule has 0 unspecified atom stereocenters. The Morgan fingerprint density at radius 3 is 1.15 bits per heavy atom. The summed E-state index contributed by atoms with van der Waals surface area (Å²) in [6, 6.07) is 90.6. The molecule has 6 aromatic heterocycles. The maximum absolute atomic E-state index is 6.79. The fourth-order valence-electron chi connectivity index (χ4n) is 12.7. The molecule has 0 atom stereocenters. The van der Waals surface area contributed by atoms with E-state index < -0.39 is 0 Å². The molecule has 0 bridgehead atoms. The molecule has 0 fully saturated rings. The van der Waals surface area contributed by atoms with Crippen LogP contribution in [0, 0.1) is 0 Å². The summed E-state index contributed by atoms with van der Waals surface area (Å²) in [6.07, 6.45) is 0. The van der Waals surface area contributed by atoms with Crippen LogP contribution >= 0.6 is 0 Å². The molecule has 0 saturated heterocycles. The Labute approximate surface area is 501 Å². The molecule has 0 aliphatic rings. The molecule has 18 rings (SSSR count). The third-order valence-corrected chi connectivity index (χ3v) is 16.8. The lowest BCUT2D eigenvalue weighted by molar-refractivity contribution is 0.668. The fourth-order valence-corrected chi connectivity index (χ4v) is 12.7. The van der Waals surface area contributed by atoms with Gasteiger partial charge in [0, 0.05) is 70.9 Å². The number of hydrogen-bond acceptors (Lipinski definition) is 10. The molecular weight excluding hydrogens is 1080 g/mol. The van der Waals surface area contributed by atoms with Gasteiger partial charge in [-0.05, 0) is 100 Å². The van der Waals surface area contributed by atoms with Crippen LogP contribution in [0.2, 0.25) is 0 Å². The van der Waals surface area contributed by atoms with Crippen LogP contribution in [0.1, 0.15) is 0 Å². The lowest BCUT2D eigenvalue weighted by Gasteiger charge is -2.10. The van der Waals surface area contributed by atoms with Crippen LogP contribution in [-0.4, -0.2) is 29.9 Å². The summed E-state index contributed by atoms with van der Waals surface area (Å²) in [5.74, 6) is 3.13. The van der Waals surface area contributed by atoms with E-state index in [1.165, 1.54) is 0 Å². The molecule has 0 aliphatic carbocycles. The summed E-state index contributed by atoms with van der Waals surface area (Å²) in [7, 11) is 0. The predicted molar refractivity (Wildman–Crippen MR) is 351 cm³/mol. The molecular formula is C78H44N6O4. The first-order valence-electron chi connectivity index (χ1n) is 29.1. The molecule has 0 radical (unpaired) electrons. The number of furan rings is 4. The van der Waals surface area contributed by atoms with Crippen molar-refractivity contribution in [3.05, 3.63) is 267 Å². The summed E-state index contributed by atoms with van der Waals surface area (Å²) < 4.78 is 26.3. The Kier molecular flexibility index (Phi) is 11.1. The zero-order valence-corrected chi connectivity index (χ0v) is 46.7. The fraction of sp³-hybridized carbons (Fsp3) is 0. The van der Waals surface area contributed by atoms with Crippen molar-refractivity contribution in [2.24, 2.45) is 0 Å². The summed E-state index contributed by atoms with van der Waals surface area (Å²) >= 11 is 0. The van der Waals surface area contributed by atoms with Crippen LogP contribution < -0.4 is 0 Å². The van der Waals surface area contributed by atoms with Crippen LogP contribution in [0.15, 0.2) is 285 Å². The van der Waals surface area contributed by atoms with Crippen molar-refractivity contribution >= 4 is 87.8 Å². The second kappa shape index (κ2) is 19.7. The van der Waals surface area contributed by atoms with Gasteiger partial charge in [-0.15, -0.1) is 0 Å². The normalized spacial score (nSPS) is 11.9. The van der Waals surface area contributed by atoms with Crippen LogP contribution in [-0.2, 0) is 0 Å². The van der Waals surface area contributed by atoms with E-state index in [0.29, 0.717) is 40.5 Å². The van der Waals surface area contributed by atoms with E-state index in [1.807, 2.05) is 127 Å². The van der Waals surface area contributed by atoms with E-state index >= 15 is 0 Å². The predicted octanol–water partition coefficient (Wildman–Crippen LogP) is 20.7. The molecule has 0 aliphatic heterocycles. The van der Waals surface area contributed by atoms with Crippen molar-refractivity contribution in [3.8, 4) is 102 Å². The van der Waals surface area contributed by atoms with E-state index in [-0.39, 0.29) is 0 Å². The molecule has 12 aromatic carbocycles. The Balaban J connectivity index is 0.719. The maximum Gasteiger partial charge on any atom is 0.167 e. The van der Waals surface area contributed by atoms with Gasteiger partial charge >= 0.3 is 0 Å². The second-order valence-electron chi connectivity index (χ2n) is 22.0. The van der Waals surface area contributed by atoms with Crippen LogP contribution in [0.3, 0.4) is 0 Å². The van der Waals surface area contributed by atoms with Crippen molar-refractivity contribution in [2.45, 2.75) is 0 Å². The quantitative estimate of drug-likeness (QED) is 0.138. The lowest BCUT2D eigenvalue weighted by atomic mass is 9.99. The van der Waals surface area contributed by atoms with Gasteiger partial charge in [0.1, 0.15) is 44.7 Å². The number of hydrogen-bond donors (Lipinski definition) is 0. The molecule has 0 amide bonds. The third kappa shape index (κ3) is 8.11. The number of nitrogens with zero attached hydrogens (tertiary/aromatic N) is 6. The first-order chi connectivity index (χ1) is 43.6.